The molecular weight excluding hydrogens is 382 g/mol. The van der Waals surface area contributed by atoms with E-state index in [1.165, 1.54) is 17.6 Å². The van der Waals surface area contributed by atoms with E-state index in [2.05, 4.69) is 5.32 Å². The second kappa shape index (κ2) is 6.74. The standard InChI is InChI=1S/C15H17N3O6S2/c1-26(22,23)18-6-5-17(14(18)20)13(19)16-10-15(21,11-4-8-25-9-11)12-3-2-7-24-12/h2-4,7-9,21H,5-6,10H2,1H3,(H,16,19). The molecule has 11 heteroatoms. The molecule has 0 saturated carbocycles. The van der Waals surface area contributed by atoms with Gasteiger partial charge in [0.15, 0.2) is 5.60 Å². The molecule has 26 heavy (non-hydrogen) atoms. The van der Waals surface area contributed by atoms with Gasteiger partial charge in [-0.3, -0.25) is 0 Å². The number of rotatable bonds is 5. The van der Waals surface area contributed by atoms with Crippen LogP contribution in [0.2, 0.25) is 0 Å². The van der Waals surface area contributed by atoms with E-state index < -0.39 is 27.7 Å². The van der Waals surface area contributed by atoms with Crippen molar-refractivity contribution in [1.82, 2.24) is 14.5 Å². The number of hydrogen-bond acceptors (Lipinski definition) is 7. The average Bonchev–Trinajstić information content (AvgIpc) is 3.31. The maximum Gasteiger partial charge on any atom is 0.341 e. The van der Waals surface area contributed by atoms with E-state index in [0.717, 1.165) is 11.2 Å². The van der Waals surface area contributed by atoms with Gasteiger partial charge in [-0.05, 0) is 29.0 Å². The molecule has 4 amide bonds. The number of urea groups is 2. The molecule has 9 nitrogen and oxygen atoms in total. The normalized spacial score (nSPS) is 17.4. The second-order valence-corrected chi connectivity index (χ2v) is 8.46. The van der Waals surface area contributed by atoms with Crippen LogP contribution in [0.25, 0.3) is 0 Å². The van der Waals surface area contributed by atoms with E-state index in [1.807, 2.05) is 0 Å². The van der Waals surface area contributed by atoms with Gasteiger partial charge in [0.05, 0.1) is 32.2 Å². The molecule has 1 aliphatic rings. The fraction of sp³-hybridized carbons (Fsp3) is 0.333. The lowest BCUT2D eigenvalue weighted by molar-refractivity contribution is 0.0581. The largest absolute Gasteiger partial charge is 0.466 e. The van der Waals surface area contributed by atoms with Crippen molar-refractivity contribution in [3.8, 4) is 0 Å². The third kappa shape index (κ3) is 3.32. The molecule has 0 bridgehead atoms. The monoisotopic (exact) mass is 399 g/mol. The van der Waals surface area contributed by atoms with Gasteiger partial charge >= 0.3 is 12.1 Å². The van der Waals surface area contributed by atoms with E-state index in [-0.39, 0.29) is 25.4 Å². The number of amides is 4. The van der Waals surface area contributed by atoms with Gasteiger partial charge in [0, 0.05) is 5.56 Å². The van der Waals surface area contributed by atoms with Crippen molar-refractivity contribution in [2.45, 2.75) is 5.60 Å². The summed E-state index contributed by atoms with van der Waals surface area (Å²) >= 11 is 1.37. The summed E-state index contributed by atoms with van der Waals surface area (Å²) in [6.07, 6.45) is 2.31. The first-order chi connectivity index (χ1) is 12.2. The Bertz CT molecular complexity index is 858. The fourth-order valence-electron chi connectivity index (χ4n) is 2.66. The second-order valence-electron chi connectivity index (χ2n) is 5.78. The van der Waals surface area contributed by atoms with E-state index in [1.54, 1.807) is 29.0 Å². The molecule has 0 aliphatic carbocycles. The van der Waals surface area contributed by atoms with Gasteiger partial charge in [-0.2, -0.15) is 11.3 Å². The molecule has 1 atom stereocenters. The Kier molecular flexibility index (Phi) is 4.78. The van der Waals surface area contributed by atoms with Crippen LogP contribution in [0.1, 0.15) is 11.3 Å². The van der Waals surface area contributed by atoms with E-state index in [9.17, 15) is 23.1 Å². The molecule has 1 saturated heterocycles. The highest BCUT2D eigenvalue weighted by molar-refractivity contribution is 7.88. The molecule has 0 aromatic carbocycles. The highest BCUT2D eigenvalue weighted by Gasteiger charge is 2.40. The zero-order valence-electron chi connectivity index (χ0n) is 13.8. The number of sulfonamides is 1. The fourth-order valence-corrected chi connectivity index (χ4v) is 4.18. The topological polar surface area (TPSA) is 120 Å². The van der Waals surface area contributed by atoms with E-state index in [4.69, 9.17) is 4.42 Å². The lowest BCUT2D eigenvalue weighted by Crippen LogP contribution is -2.48. The van der Waals surface area contributed by atoms with Gasteiger partial charge in [0.25, 0.3) is 0 Å². The molecule has 1 fully saturated rings. The van der Waals surface area contributed by atoms with Crippen LogP contribution in [0.4, 0.5) is 9.59 Å². The maximum atomic E-state index is 12.3. The van der Waals surface area contributed by atoms with Gasteiger partial charge in [-0.25, -0.2) is 27.2 Å². The third-order valence-electron chi connectivity index (χ3n) is 4.04. The SMILES string of the molecule is CS(=O)(=O)N1CCN(C(=O)NCC(O)(c2ccsc2)c2ccco2)C1=O. The predicted octanol–water partition coefficient (Wildman–Crippen LogP) is 0.984. The lowest BCUT2D eigenvalue weighted by Gasteiger charge is -2.26. The summed E-state index contributed by atoms with van der Waals surface area (Å²) in [6, 6.07) is 3.19. The summed E-state index contributed by atoms with van der Waals surface area (Å²) in [5.41, 5.74) is -1.08. The van der Waals surface area contributed by atoms with E-state index >= 15 is 0 Å². The smallest absolute Gasteiger partial charge is 0.341 e. The van der Waals surface area contributed by atoms with Crippen LogP contribution in [0, 0.1) is 0 Å². The van der Waals surface area contributed by atoms with Crippen molar-refractivity contribution in [3.05, 3.63) is 46.5 Å². The first-order valence-electron chi connectivity index (χ1n) is 7.59. The van der Waals surface area contributed by atoms with Gasteiger partial charge < -0.3 is 14.8 Å². The number of thiophene rings is 1. The zero-order valence-corrected chi connectivity index (χ0v) is 15.4. The zero-order chi connectivity index (χ0) is 18.9. The number of nitrogens with zero attached hydrogens (tertiary/aromatic N) is 2. The number of carbonyl (C=O) groups excluding carboxylic acids is 2. The Labute approximate surface area is 153 Å². The van der Waals surface area contributed by atoms with E-state index in [0.29, 0.717) is 9.87 Å². The highest BCUT2D eigenvalue weighted by atomic mass is 32.2. The van der Waals surface area contributed by atoms with Gasteiger partial charge in [-0.15, -0.1) is 0 Å². The van der Waals surface area contributed by atoms with Gasteiger partial charge in [0.1, 0.15) is 5.76 Å². The lowest BCUT2D eigenvalue weighted by atomic mass is 9.93. The summed E-state index contributed by atoms with van der Waals surface area (Å²) in [7, 11) is -3.73. The summed E-state index contributed by atoms with van der Waals surface area (Å²) in [4.78, 5) is 25.2. The highest BCUT2D eigenvalue weighted by Crippen LogP contribution is 2.31. The molecule has 2 aromatic heterocycles. The van der Waals surface area contributed by atoms with Crippen molar-refractivity contribution in [2.75, 3.05) is 25.9 Å². The quantitative estimate of drug-likeness (QED) is 0.773. The van der Waals surface area contributed by atoms with Crippen LogP contribution in [-0.4, -0.2) is 60.7 Å². The van der Waals surface area contributed by atoms with Gasteiger partial charge in [0.2, 0.25) is 10.0 Å². The Hall–Kier alpha value is -2.37. The van der Waals surface area contributed by atoms with Crippen LogP contribution in [0.5, 0.6) is 0 Å². The molecule has 0 radical (unpaired) electrons. The minimum atomic E-state index is -3.73. The molecular formula is C15H17N3O6S2. The van der Waals surface area contributed by atoms with Crippen LogP contribution in [0.15, 0.2) is 39.6 Å². The average molecular weight is 399 g/mol. The molecule has 0 spiro atoms. The number of aliphatic hydroxyl groups is 1. The molecule has 3 heterocycles. The van der Waals surface area contributed by atoms with Crippen molar-refractivity contribution in [3.63, 3.8) is 0 Å². The van der Waals surface area contributed by atoms with Crippen LogP contribution in [-0.2, 0) is 15.6 Å². The van der Waals surface area contributed by atoms with Crippen molar-refractivity contribution in [1.29, 1.82) is 0 Å². The molecule has 2 N–H and O–H groups in total. The molecule has 1 unspecified atom stereocenters. The number of nitrogens with one attached hydrogen (secondary N) is 1. The Balaban J connectivity index is 1.75. The molecule has 1 aliphatic heterocycles. The Morgan fingerprint density at radius 1 is 1.42 bits per heavy atom. The molecule has 2 aromatic rings. The summed E-state index contributed by atoms with van der Waals surface area (Å²) < 4.78 is 29.0. The minimum absolute atomic E-state index is 0.0602. The summed E-state index contributed by atoms with van der Waals surface area (Å²) in [6.45, 7) is -0.411. The van der Waals surface area contributed by atoms with Gasteiger partial charge in [-0.1, -0.05) is 0 Å². The van der Waals surface area contributed by atoms with Crippen molar-refractivity contribution < 1.29 is 27.5 Å². The number of imide groups is 1. The Morgan fingerprint density at radius 2 is 2.19 bits per heavy atom. The van der Waals surface area contributed by atoms with Crippen LogP contribution in [0.3, 0.4) is 0 Å². The van der Waals surface area contributed by atoms with Crippen molar-refractivity contribution >= 4 is 33.4 Å². The van der Waals surface area contributed by atoms with Crippen LogP contribution >= 0.6 is 11.3 Å². The first kappa shape index (κ1) is 18.4. The van der Waals surface area contributed by atoms with Crippen LogP contribution < -0.4 is 5.32 Å². The Morgan fingerprint density at radius 3 is 2.73 bits per heavy atom. The summed E-state index contributed by atoms with van der Waals surface area (Å²) in [5.74, 6) is 0.238. The maximum absolute atomic E-state index is 12.3. The minimum Gasteiger partial charge on any atom is -0.466 e. The summed E-state index contributed by atoms with van der Waals surface area (Å²) in [5, 5.41) is 17.0. The number of hydrogen-bond donors (Lipinski definition) is 2. The number of carbonyl (C=O) groups is 2. The third-order valence-corrected chi connectivity index (χ3v) is 5.86. The molecule has 3 rings (SSSR count). The first-order valence-corrected chi connectivity index (χ1v) is 10.4. The molecule has 140 valence electrons. The number of furan rings is 1. The van der Waals surface area contributed by atoms with Crippen molar-refractivity contribution in [2.24, 2.45) is 0 Å². The predicted molar refractivity (Wildman–Crippen MR) is 93.1 cm³/mol.